The lowest BCUT2D eigenvalue weighted by molar-refractivity contribution is -0.117. The molecule has 5 heteroatoms. The minimum atomic E-state index is -0.906. The Morgan fingerprint density at radius 2 is 2.19 bits per heavy atom. The molecule has 1 rings (SSSR count). The van der Waals surface area contributed by atoms with E-state index in [1.54, 1.807) is 31.4 Å². The molecule has 1 unspecified atom stereocenters. The van der Waals surface area contributed by atoms with Gasteiger partial charge in [0.1, 0.15) is 5.75 Å². The number of hydrogen-bond donors (Lipinski definition) is 1. The number of ether oxygens (including phenoxy) is 1. The van der Waals surface area contributed by atoms with Gasteiger partial charge in [-0.05, 0) is 17.7 Å². The minimum Gasteiger partial charge on any atom is -0.497 e. The summed E-state index contributed by atoms with van der Waals surface area (Å²) < 4.78 is 4.97. The van der Waals surface area contributed by atoms with Crippen LogP contribution in [0.25, 0.3) is 5.53 Å². The van der Waals surface area contributed by atoms with Crippen LogP contribution in [-0.4, -0.2) is 29.0 Å². The third-order valence-corrected chi connectivity index (χ3v) is 2.10. The Labute approximate surface area is 92.9 Å². The van der Waals surface area contributed by atoms with Crippen molar-refractivity contribution in [1.29, 1.82) is 0 Å². The number of Topliss-reactive ketones (excluding diaryl/α,β-unsaturated/α-hetero) is 1. The zero-order valence-corrected chi connectivity index (χ0v) is 8.83. The number of carbonyl (C=O) groups is 1. The van der Waals surface area contributed by atoms with Crippen molar-refractivity contribution in [2.45, 2.75) is 12.5 Å². The van der Waals surface area contributed by atoms with Gasteiger partial charge in [-0.2, -0.15) is 4.79 Å². The Morgan fingerprint density at radius 3 is 2.69 bits per heavy atom. The van der Waals surface area contributed by atoms with Crippen molar-refractivity contribution in [2.75, 3.05) is 7.11 Å². The van der Waals surface area contributed by atoms with Crippen molar-refractivity contribution >= 4 is 12.0 Å². The summed E-state index contributed by atoms with van der Waals surface area (Å²) in [5.41, 5.74) is 8.75. The highest BCUT2D eigenvalue weighted by Gasteiger charge is 2.13. The van der Waals surface area contributed by atoms with Gasteiger partial charge < -0.3 is 15.4 Å². The summed E-state index contributed by atoms with van der Waals surface area (Å²) in [4.78, 5) is 13.7. The van der Waals surface area contributed by atoms with Crippen LogP contribution in [0.5, 0.6) is 5.75 Å². The predicted molar refractivity (Wildman–Crippen MR) is 57.3 cm³/mol. The molecule has 0 spiro atoms. The summed E-state index contributed by atoms with van der Waals surface area (Å²) in [5.74, 6) is 0.241. The highest BCUT2D eigenvalue weighted by molar-refractivity contribution is 6.25. The Balaban J connectivity index is 2.68. The molecule has 0 fully saturated rings. The van der Waals surface area contributed by atoms with E-state index in [1.165, 1.54) is 0 Å². The maximum atomic E-state index is 11.1. The molecule has 16 heavy (non-hydrogen) atoms. The van der Waals surface area contributed by atoms with Crippen molar-refractivity contribution in [3.05, 3.63) is 35.4 Å². The van der Waals surface area contributed by atoms with Gasteiger partial charge in [0.25, 0.3) is 0 Å². The zero-order valence-electron chi connectivity index (χ0n) is 8.83. The van der Waals surface area contributed by atoms with Crippen molar-refractivity contribution in [1.82, 2.24) is 0 Å². The van der Waals surface area contributed by atoms with Crippen LogP contribution in [0.2, 0.25) is 0 Å². The van der Waals surface area contributed by atoms with Crippen LogP contribution in [0.3, 0.4) is 0 Å². The molecule has 5 nitrogen and oxygen atoms in total. The SMILES string of the molecule is COc1ccc(C(O)CC(=O)C=[N+]=[N-])cc1. The molecule has 0 saturated carbocycles. The summed E-state index contributed by atoms with van der Waals surface area (Å²) in [6, 6.07) is 6.74. The fraction of sp³-hybridized carbons (Fsp3) is 0.273. The Bertz CT molecular complexity index is 408. The molecule has 0 amide bonds. The van der Waals surface area contributed by atoms with Gasteiger partial charge in [-0.15, -0.1) is 0 Å². The van der Waals surface area contributed by atoms with Crippen LogP contribution in [0, 0.1) is 0 Å². The van der Waals surface area contributed by atoms with Crippen molar-refractivity contribution in [3.63, 3.8) is 0 Å². The minimum absolute atomic E-state index is 0.115. The molecule has 0 aliphatic carbocycles. The van der Waals surface area contributed by atoms with E-state index in [-0.39, 0.29) is 6.42 Å². The lowest BCUT2D eigenvalue weighted by Crippen LogP contribution is -2.07. The standard InChI is InChI=1S/C11H12N2O3/c1-16-10-4-2-8(3-5-10)11(15)6-9(14)7-13-12/h2-5,7,11,15H,6H2,1H3. The van der Waals surface area contributed by atoms with Crippen LogP contribution in [0.4, 0.5) is 0 Å². The van der Waals surface area contributed by atoms with E-state index in [0.29, 0.717) is 11.3 Å². The number of rotatable bonds is 5. The van der Waals surface area contributed by atoms with Crippen LogP contribution < -0.4 is 4.74 Å². The van der Waals surface area contributed by atoms with Gasteiger partial charge in [0.05, 0.1) is 13.2 Å². The quantitative estimate of drug-likeness (QED) is 0.456. The van der Waals surface area contributed by atoms with Gasteiger partial charge in [-0.3, -0.25) is 4.79 Å². The maximum Gasteiger partial charge on any atom is 0.323 e. The van der Waals surface area contributed by atoms with Gasteiger partial charge >= 0.3 is 6.21 Å². The largest absolute Gasteiger partial charge is 0.497 e. The van der Waals surface area contributed by atoms with Gasteiger partial charge in [0.2, 0.25) is 5.78 Å². The molecule has 0 heterocycles. The second-order valence-corrected chi connectivity index (χ2v) is 3.20. The summed E-state index contributed by atoms with van der Waals surface area (Å²) in [7, 11) is 1.55. The molecule has 1 aromatic carbocycles. The second kappa shape index (κ2) is 5.80. The lowest BCUT2D eigenvalue weighted by atomic mass is 10.0. The molecule has 0 aliphatic rings. The first-order chi connectivity index (χ1) is 7.67. The highest BCUT2D eigenvalue weighted by Crippen LogP contribution is 2.19. The van der Waals surface area contributed by atoms with Crippen LogP contribution in [0.15, 0.2) is 24.3 Å². The van der Waals surface area contributed by atoms with Gasteiger partial charge in [0, 0.05) is 6.42 Å². The van der Waals surface area contributed by atoms with E-state index in [4.69, 9.17) is 10.3 Å². The molecule has 0 aliphatic heterocycles. The average molecular weight is 220 g/mol. The van der Waals surface area contributed by atoms with E-state index < -0.39 is 11.9 Å². The molecular formula is C11H12N2O3. The average Bonchev–Trinajstić information content (AvgIpc) is 2.29. The molecule has 1 atom stereocenters. The maximum absolute atomic E-state index is 11.1. The normalized spacial score (nSPS) is 11.4. The van der Waals surface area contributed by atoms with Gasteiger partial charge in [0.15, 0.2) is 0 Å². The molecule has 1 N–H and O–H groups in total. The van der Waals surface area contributed by atoms with Gasteiger partial charge in [-0.25, -0.2) is 0 Å². The van der Waals surface area contributed by atoms with E-state index in [0.717, 1.165) is 6.21 Å². The first kappa shape index (κ1) is 12.1. The van der Waals surface area contributed by atoms with E-state index in [1.807, 2.05) is 0 Å². The number of ketones is 1. The van der Waals surface area contributed by atoms with Crippen molar-refractivity contribution in [3.8, 4) is 5.75 Å². The molecule has 0 aromatic heterocycles. The molecule has 0 bridgehead atoms. The number of benzene rings is 1. The van der Waals surface area contributed by atoms with Crippen LogP contribution in [-0.2, 0) is 4.79 Å². The van der Waals surface area contributed by atoms with Crippen molar-refractivity contribution < 1.29 is 19.4 Å². The molecule has 0 radical (unpaired) electrons. The predicted octanol–water partition coefficient (Wildman–Crippen LogP) is 0.988. The monoisotopic (exact) mass is 220 g/mol. The van der Waals surface area contributed by atoms with E-state index >= 15 is 0 Å². The third-order valence-electron chi connectivity index (χ3n) is 2.10. The Kier molecular flexibility index (Phi) is 4.39. The molecule has 84 valence electrons. The lowest BCUT2D eigenvalue weighted by Gasteiger charge is -2.08. The fourth-order valence-electron chi connectivity index (χ4n) is 1.25. The van der Waals surface area contributed by atoms with E-state index in [2.05, 4.69) is 4.79 Å². The highest BCUT2D eigenvalue weighted by atomic mass is 16.5. The number of nitrogens with zero attached hydrogens (tertiary/aromatic N) is 2. The first-order valence-electron chi connectivity index (χ1n) is 4.69. The summed E-state index contributed by atoms with van der Waals surface area (Å²) in [6.45, 7) is 0. The second-order valence-electron chi connectivity index (χ2n) is 3.20. The molecular weight excluding hydrogens is 208 g/mol. The number of carbonyl (C=O) groups excluding carboxylic acids is 1. The summed E-state index contributed by atoms with van der Waals surface area (Å²) in [5, 5.41) is 9.68. The van der Waals surface area contributed by atoms with Crippen LogP contribution in [0.1, 0.15) is 18.1 Å². The van der Waals surface area contributed by atoms with Crippen molar-refractivity contribution in [2.24, 2.45) is 0 Å². The first-order valence-corrected chi connectivity index (χ1v) is 4.69. The summed E-state index contributed by atoms with van der Waals surface area (Å²) in [6.07, 6.45) is -0.250. The van der Waals surface area contributed by atoms with Crippen LogP contribution >= 0.6 is 0 Å². The number of aliphatic hydroxyl groups excluding tert-OH is 1. The van der Waals surface area contributed by atoms with Gasteiger partial charge in [-0.1, -0.05) is 12.1 Å². The number of aliphatic hydroxyl groups is 1. The molecule has 1 aromatic rings. The molecule has 0 saturated heterocycles. The third kappa shape index (κ3) is 3.31. The summed E-state index contributed by atoms with van der Waals surface area (Å²) >= 11 is 0. The number of methoxy groups -OCH3 is 1. The van der Waals surface area contributed by atoms with E-state index in [9.17, 15) is 9.90 Å². The number of hydrogen-bond acceptors (Lipinski definition) is 3. The smallest absolute Gasteiger partial charge is 0.323 e. The zero-order chi connectivity index (χ0) is 12.0. The Hall–Kier alpha value is -1.97. The topological polar surface area (TPSA) is 82.9 Å². The fourth-order valence-corrected chi connectivity index (χ4v) is 1.25. The Morgan fingerprint density at radius 1 is 1.56 bits per heavy atom.